The number of fused-ring (bicyclic) bond motifs is 3. The van der Waals surface area contributed by atoms with E-state index < -0.39 is 41.7 Å². The van der Waals surface area contributed by atoms with E-state index in [1.807, 2.05) is 84.9 Å². The molecule has 3 amide bonds. The number of rotatable bonds is 7. The summed E-state index contributed by atoms with van der Waals surface area (Å²) < 4.78 is 13.0. The van der Waals surface area contributed by atoms with Crippen LogP contribution in [0.25, 0.3) is 10.8 Å². The largest absolute Gasteiger partial charge is 0.455 e. The first kappa shape index (κ1) is 32.7. The lowest BCUT2D eigenvalue weighted by atomic mass is 9.78. The summed E-state index contributed by atoms with van der Waals surface area (Å²) in [6, 6.07) is 22.0. The van der Waals surface area contributed by atoms with Crippen LogP contribution in [0.15, 0.2) is 97.1 Å². The van der Waals surface area contributed by atoms with E-state index in [9.17, 15) is 24.3 Å². The smallest absolute Gasteiger partial charge is 0.313 e. The molecule has 0 aliphatic carbocycles. The minimum absolute atomic E-state index is 0.0371. The summed E-state index contributed by atoms with van der Waals surface area (Å²) in [6.45, 7) is 0.656. The summed E-state index contributed by atoms with van der Waals surface area (Å²) in [5.74, 6) is -3.44. The lowest BCUT2D eigenvalue weighted by Crippen LogP contribution is -2.55. The van der Waals surface area contributed by atoms with Gasteiger partial charge < -0.3 is 29.7 Å². The highest BCUT2D eigenvalue weighted by molar-refractivity contribution is 6.06. The number of nitrogens with one attached hydrogen (secondary N) is 1. The van der Waals surface area contributed by atoms with Crippen molar-refractivity contribution < 1.29 is 33.8 Å². The van der Waals surface area contributed by atoms with Crippen LogP contribution in [0.2, 0.25) is 0 Å². The van der Waals surface area contributed by atoms with E-state index in [-0.39, 0.29) is 50.4 Å². The van der Waals surface area contributed by atoms with Crippen molar-refractivity contribution >= 4 is 40.2 Å². The minimum atomic E-state index is -1.42. The van der Waals surface area contributed by atoms with Gasteiger partial charge in [0, 0.05) is 31.8 Å². The average Bonchev–Trinajstić information content (AvgIpc) is 3.50. The number of benzene rings is 3. The van der Waals surface area contributed by atoms with Crippen molar-refractivity contribution in [3.05, 3.63) is 103 Å². The number of aliphatic hydroxyl groups excluding tert-OH is 1. The molecule has 0 aromatic heterocycles. The van der Waals surface area contributed by atoms with Crippen LogP contribution in [0.3, 0.4) is 0 Å². The van der Waals surface area contributed by atoms with Crippen LogP contribution in [-0.2, 0) is 28.7 Å². The fourth-order valence-electron chi connectivity index (χ4n) is 7.79. The molecule has 4 aliphatic rings. The van der Waals surface area contributed by atoms with E-state index in [0.29, 0.717) is 36.9 Å². The maximum absolute atomic E-state index is 14.8. The van der Waals surface area contributed by atoms with Crippen molar-refractivity contribution in [3.63, 3.8) is 0 Å². The molecule has 3 aromatic carbocycles. The quantitative estimate of drug-likeness (QED) is 0.220. The Labute approximate surface area is 285 Å². The van der Waals surface area contributed by atoms with Crippen LogP contribution in [0.1, 0.15) is 43.8 Å². The van der Waals surface area contributed by atoms with Crippen molar-refractivity contribution in [1.29, 1.82) is 0 Å². The van der Waals surface area contributed by atoms with Gasteiger partial charge in [-0.2, -0.15) is 0 Å². The first-order valence-electron chi connectivity index (χ1n) is 17.2. The normalized spacial score (nSPS) is 29.3. The van der Waals surface area contributed by atoms with Crippen LogP contribution in [0.4, 0.5) is 5.69 Å². The maximum atomic E-state index is 14.8. The first-order chi connectivity index (χ1) is 23.9. The Kier molecular flexibility index (Phi) is 9.33. The van der Waals surface area contributed by atoms with Gasteiger partial charge in [0.15, 0.2) is 0 Å². The highest BCUT2D eigenvalue weighted by atomic mass is 16.6. The SMILES string of the molecule is O=C1CC/C=C\[C@@H]2O[C@@]34C=CCN(c5ccc6ccccc6c5)C(=O)[C@@H]3N(CCCCCO)C(=O)[C@H]4[C@@H]2C(=O)O[C@@H](c2ccccc2)CN1. The number of ether oxygens (including phenoxy) is 2. The molecule has 10 heteroatoms. The molecular formula is C39H41N3O7. The molecule has 0 saturated carbocycles. The van der Waals surface area contributed by atoms with Crippen molar-refractivity contribution in [3.8, 4) is 0 Å². The number of unbranched alkanes of at least 4 members (excludes halogenated alkanes) is 2. The molecule has 1 spiro atoms. The molecule has 254 valence electrons. The number of carbonyl (C=O) groups is 4. The Balaban J connectivity index is 1.28. The molecule has 6 atom stereocenters. The van der Waals surface area contributed by atoms with Crippen molar-refractivity contribution in [1.82, 2.24) is 10.2 Å². The third-order valence-corrected chi connectivity index (χ3v) is 10.1. The van der Waals surface area contributed by atoms with Crippen molar-refractivity contribution in [2.24, 2.45) is 11.8 Å². The Morgan fingerprint density at radius 1 is 0.878 bits per heavy atom. The molecule has 0 bridgehead atoms. The summed E-state index contributed by atoms with van der Waals surface area (Å²) in [7, 11) is 0. The van der Waals surface area contributed by atoms with Crippen LogP contribution in [-0.4, -0.2) is 77.7 Å². The van der Waals surface area contributed by atoms with Gasteiger partial charge in [-0.15, -0.1) is 0 Å². The summed E-state index contributed by atoms with van der Waals surface area (Å²) in [6.07, 6.45) is 8.06. The second kappa shape index (κ2) is 14.0. The second-order valence-corrected chi connectivity index (χ2v) is 13.1. The van der Waals surface area contributed by atoms with Gasteiger partial charge in [-0.1, -0.05) is 85.0 Å². The van der Waals surface area contributed by atoms with E-state index in [4.69, 9.17) is 9.47 Å². The molecule has 2 saturated heterocycles. The van der Waals surface area contributed by atoms with E-state index in [1.54, 1.807) is 22.0 Å². The number of hydrogen-bond acceptors (Lipinski definition) is 7. The van der Waals surface area contributed by atoms with E-state index >= 15 is 0 Å². The Morgan fingerprint density at radius 3 is 2.49 bits per heavy atom. The predicted octanol–water partition coefficient (Wildman–Crippen LogP) is 4.24. The predicted molar refractivity (Wildman–Crippen MR) is 183 cm³/mol. The highest BCUT2D eigenvalue weighted by Crippen LogP contribution is 2.53. The average molecular weight is 664 g/mol. The van der Waals surface area contributed by atoms with Gasteiger partial charge in [0.2, 0.25) is 11.8 Å². The monoisotopic (exact) mass is 663 g/mol. The molecular weight excluding hydrogens is 622 g/mol. The van der Waals surface area contributed by atoms with E-state index in [0.717, 1.165) is 10.8 Å². The summed E-state index contributed by atoms with van der Waals surface area (Å²) in [5, 5.41) is 14.3. The van der Waals surface area contributed by atoms with Crippen LogP contribution in [0.5, 0.6) is 0 Å². The standard InChI is InChI=1S/C39H41N3O7/c43-23-10-2-9-21-42-35-37(46)41(29-19-18-26-12-5-6-15-28(26)24-29)22-11-20-39(35)34(36(42)45)33-30(49-39)16-7-8-17-32(44)40-25-31(48-38(33)47)27-13-3-1-4-14-27/h1,3-7,11-16,18-20,24,30-31,33-35,43H,2,8-10,17,21-23,25H2,(H,40,44)/b16-7-/t30-,31+,33+,34+,35-,39+/m0/s1. The molecule has 4 heterocycles. The van der Waals surface area contributed by atoms with Crippen molar-refractivity contribution in [2.75, 3.05) is 31.1 Å². The van der Waals surface area contributed by atoms with Gasteiger partial charge >= 0.3 is 5.97 Å². The molecule has 4 aliphatic heterocycles. The number of allylic oxidation sites excluding steroid dienone is 1. The molecule has 3 aromatic rings. The fraction of sp³-hybridized carbons (Fsp3) is 0.385. The lowest BCUT2D eigenvalue weighted by molar-refractivity contribution is -0.159. The van der Waals surface area contributed by atoms with Crippen LogP contribution < -0.4 is 10.2 Å². The maximum Gasteiger partial charge on any atom is 0.313 e. The third-order valence-electron chi connectivity index (χ3n) is 10.1. The van der Waals surface area contributed by atoms with Gasteiger partial charge in [-0.3, -0.25) is 19.2 Å². The zero-order chi connectivity index (χ0) is 34.0. The van der Waals surface area contributed by atoms with Crippen molar-refractivity contribution in [2.45, 2.75) is 56.0 Å². The summed E-state index contributed by atoms with van der Waals surface area (Å²) in [4.78, 5) is 59.7. The van der Waals surface area contributed by atoms with Gasteiger partial charge in [-0.05, 0) is 54.2 Å². The van der Waals surface area contributed by atoms with Crippen LogP contribution >= 0.6 is 0 Å². The highest BCUT2D eigenvalue weighted by Gasteiger charge is 2.71. The van der Waals surface area contributed by atoms with E-state index in [2.05, 4.69) is 5.32 Å². The van der Waals surface area contributed by atoms with Gasteiger partial charge in [-0.25, -0.2) is 0 Å². The number of hydrogen-bond donors (Lipinski definition) is 2. The Hall–Kier alpha value is -4.80. The fourth-order valence-corrected chi connectivity index (χ4v) is 7.79. The molecule has 0 unspecified atom stereocenters. The molecule has 2 N–H and O–H groups in total. The molecule has 10 nitrogen and oxygen atoms in total. The topological polar surface area (TPSA) is 125 Å². The van der Waals surface area contributed by atoms with Crippen LogP contribution in [0, 0.1) is 11.8 Å². The molecule has 2 fully saturated rings. The Bertz CT molecular complexity index is 1790. The van der Waals surface area contributed by atoms with Gasteiger partial charge in [0.25, 0.3) is 5.91 Å². The lowest BCUT2D eigenvalue weighted by Gasteiger charge is -2.35. The third kappa shape index (κ3) is 6.15. The number of cyclic esters (lactones) is 1. The summed E-state index contributed by atoms with van der Waals surface area (Å²) >= 11 is 0. The van der Waals surface area contributed by atoms with Gasteiger partial charge in [0.05, 0.1) is 18.6 Å². The molecule has 49 heavy (non-hydrogen) atoms. The number of carbonyl (C=O) groups excluding carboxylic acids is 4. The number of anilines is 1. The zero-order valence-corrected chi connectivity index (χ0v) is 27.3. The Morgan fingerprint density at radius 2 is 1.67 bits per heavy atom. The number of amides is 3. The first-order valence-corrected chi connectivity index (χ1v) is 17.2. The molecule has 0 radical (unpaired) electrons. The zero-order valence-electron chi connectivity index (χ0n) is 27.3. The molecule has 7 rings (SSSR count). The number of nitrogens with zero attached hydrogens (tertiary/aromatic N) is 2. The second-order valence-electron chi connectivity index (χ2n) is 13.1. The number of esters is 1. The number of likely N-dealkylation sites (tertiary alicyclic amines) is 1. The van der Waals surface area contributed by atoms with Gasteiger partial charge in [0.1, 0.15) is 23.7 Å². The summed E-state index contributed by atoms with van der Waals surface area (Å²) in [5.41, 5.74) is -0.00909. The number of aliphatic hydroxyl groups is 1. The minimum Gasteiger partial charge on any atom is -0.455 e. The van der Waals surface area contributed by atoms with E-state index in [1.165, 1.54) is 0 Å².